The van der Waals surface area contributed by atoms with Gasteiger partial charge in [0.1, 0.15) is 5.82 Å². The maximum atomic E-state index is 13.4. The van der Waals surface area contributed by atoms with Crippen LogP contribution in [0.5, 0.6) is 0 Å². The Bertz CT molecular complexity index is 801. The molecule has 1 aromatic rings. The normalized spacial score (nSPS) is 20.1. The average Bonchev–Trinajstić information content (AvgIpc) is 2.69. The lowest BCUT2D eigenvalue weighted by Crippen LogP contribution is -2.54. The molecule has 0 atom stereocenters. The molecule has 0 spiro atoms. The molecule has 8 heteroatoms. The van der Waals surface area contributed by atoms with Crippen LogP contribution in [0.15, 0.2) is 29.2 Å². The van der Waals surface area contributed by atoms with Gasteiger partial charge in [-0.2, -0.15) is 4.31 Å². The smallest absolute Gasteiger partial charge is 0.243 e. The van der Waals surface area contributed by atoms with E-state index in [0.29, 0.717) is 38.8 Å². The van der Waals surface area contributed by atoms with Crippen LogP contribution < -0.4 is 0 Å². The number of benzene rings is 1. The number of carbonyl (C=O) groups is 1. The molecule has 29 heavy (non-hydrogen) atoms. The molecule has 0 bridgehead atoms. The van der Waals surface area contributed by atoms with Gasteiger partial charge >= 0.3 is 0 Å². The van der Waals surface area contributed by atoms with Gasteiger partial charge < -0.3 is 4.90 Å². The van der Waals surface area contributed by atoms with E-state index in [1.807, 2.05) is 9.80 Å². The van der Waals surface area contributed by atoms with E-state index < -0.39 is 15.8 Å². The lowest BCUT2D eigenvalue weighted by molar-refractivity contribution is -0.137. The number of hydrogen-bond acceptors (Lipinski definition) is 4. The van der Waals surface area contributed by atoms with E-state index in [2.05, 4.69) is 13.8 Å². The summed E-state index contributed by atoms with van der Waals surface area (Å²) >= 11 is 0. The fraction of sp³-hybridized carbons (Fsp3) is 0.667. The molecule has 1 heterocycles. The fourth-order valence-electron chi connectivity index (χ4n) is 4.45. The van der Waals surface area contributed by atoms with Gasteiger partial charge in [-0.05, 0) is 44.9 Å². The zero-order chi connectivity index (χ0) is 21.0. The molecule has 1 amide bonds. The monoisotopic (exact) mass is 425 g/mol. The third kappa shape index (κ3) is 5.35. The third-order valence-electron chi connectivity index (χ3n) is 5.94. The molecule has 6 nitrogen and oxygen atoms in total. The standard InChI is InChI=1S/C21H32FN3O3S/c1-17(2)25(19-8-4-3-5-9-19)21(26)16-23-11-13-24(14-12-23)29(27,28)20-10-6-7-18(22)15-20/h6-7,10,15,17,19H,3-5,8-9,11-14,16H2,1-2H3. The van der Waals surface area contributed by atoms with Crippen LogP contribution in [0, 0.1) is 5.82 Å². The van der Waals surface area contributed by atoms with Crippen LogP contribution in [0.4, 0.5) is 4.39 Å². The van der Waals surface area contributed by atoms with Gasteiger partial charge in [-0.25, -0.2) is 12.8 Å². The second-order valence-corrected chi connectivity index (χ2v) is 10.3. The Kier molecular flexibility index (Phi) is 7.29. The molecule has 1 aromatic carbocycles. The Morgan fingerprint density at radius 3 is 2.38 bits per heavy atom. The van der Waals surface area contributed by atoms with Crippen LogP contribution in [-0.4, -0.2) is 73.2 Å². The number of hydrogen-bond donors (Lipinski definition) is 0. The van der Waals surface area contributed by atoms with E-state index in [-0.39, 0.29) is 16.8 Å². The first-order chi connectivity index (χ1) is 13.8. The van der Waals surface area contributed by atoms with E-state index in [9.17, 15) is 17.6 Å². The highest BCUT2D eigenvalue weighted by Gasteiger charge is 2.32. The molecule has 0 aromatic heterocycles. The molecule has 162 valence electrons. The number of halogens is 1. The van der Waals surface area contributed by atoms with Gasteiger partial charge in [0, 0.05) is 38.3 Å². The quantitative estimate of drug-likeness (QED) is 0.703. The zero-order valence-corrected chi connectivity index (χ0v) is 18.2. The summed E-state index contributed by atoms with van der Waals surface area (Å²) in [5, 5.41) is 0. The van der Waals surface area contributed by atoms with Gasteiger partial charge in [-0.1, -0.05) is 25.3 Å². The minimum atomic E-state index is -3.71. The van der Waals surface area contributed by atoms with E-state index in [0.717, 1.165) is 18.9 Å². The molecule has 1 saturated heterocycles. The van der Waals surface area contributed by atoms with Gasteiger partial charge in [0.2, 0.25) is 15.9 Å². The second kappa shape index (κ2) is 9.53. The van der Waals surface area contributed by atoms with Crippen LogP contribution in [-0.2, 0) is 14.8 Å². The molecule has 2 fully saturated rings. The Morgan fingerprint density at radius 1 is 1.14 bits per heavy atom. The lowest BCUT2D eigenvalue weighted by Gasteiger charge is -2.40. The minimum Gasteiger partial charge on any atom is -0.336 e. The summed E-state index contributed by atoms with van der Waals surface area (Å²) in [4.78, 5) is 17.0. The number of rotatable bonds is 6. The van der Waals surface area contributed by atoms with Gasteiger partial charge in [0.15, 0.2) is 0 Å². The predicted molar refractivity (Wildman–Crippen MR) is 110 cm³/mol. The maximum absolute atomic E-state index is 13.4. The highest BCUT2D eigenvalue weighted by atomic mass is 32.2. The minimum absolute atomic E-state index is 0.0229. The number of sulfonamides is 1. The van der Waals surface area contributed by atoms with Crippen molar-refractivity contribution in [2.24, 2.45) is 0 Å². The Hall–Kier alpha value is -1.51. The molecule has 1 aliphatic heterocycles. The van der Waals surface area contributed by atoms with Gasteiger partial charge in [-0.3, -0.25) is 9.69 Å². The van der Waals surface area contributed by atoms with E-state index in [1.54, 1.807) is 0 Å². The summed E-state index contributed by atoms with van der Waals surface area (Å²) in [6, 6.07) is 5.60. The molecule has 1 saturated carbocycles. The number of carbonyl (C=O) groups excluding carboxylic acids is 1. The van der Waals surface area contributed by atoms with Gasteiger partial charge in [-0.15, -0.1) is 0 Å². The van der Waals surface area contributed by atoms with Crippen molar-refractivity contribution in [3.8, 4) is 0 Å². The highest BCUT2D eigenvalue weighted by Crippen LogP contribution is 2.25. The van der Waals surface area contributed by atoms with Crippen LogP contribution in [0.1, 0.15) is 46.0 Å². The van der Waals surface area contributed by atoms with E-state index in [1.165, 1.54) is 41.8 Å². The molecular weight excluding hydrogens is 393 g/mol. The van der Waals surface area contributed by atoms with Crippen molar-refractivity contribution in [3.63, 3.8) is 0 Å². The molecule has 0 radical (unpaired) electrons. The van der Waals surface area contributed by atoms with Crippen molar-refractivity contribution >= 4 is 15.9 Å². The molecule has 2 aliphatic rings. The first kappa shape index (κ1) is 22.2. The Labute approximate surface area is 173 Å². The number of piperazine rings is 1. The first-order valence-electron chi connectivity index (χ1n) is 10.6. The average molecular weight is 426 g/mol. The lowest BCUT2D eigenvalue weighted by atomic mass is 9.93. The second-order valence-electron chi connectivity index (χ2n) is 8.32. The van der Waals surface area contributed by atoms with Crippen molar-refractivity contribution in [3.05, 3.63) is 30.1 Å². The summed E-state index contributed by atoms with van der Waals surface area (Å²) in [5.41, 5.74) is 0. The topological polar surface area (TPSA) is 60.9 Å². The van der Waals surface area contributed by atoms with Crippen LogP contribution in [0.25, 0.3) is 0 Å². The third-order valence-corrected chi connectivity index (χ3v) is 7.83. The highest BCUT2D eigenvalue weighted by molar-refractivity contribution is 7.89. The molecule has 0 unspecified atom stereocenters. The summed E-state index contributed by atoms with van der Waals surface area (Å²) in [6.07, 6.45) is 5.75. The Balaban J connectivity index is 1.58. The van der Waals surface area contributed by atoms with Gasteiger partial charge in [0.05, 0.1) is 11.4 Å². The largest absolute Gasteiger partial charge is 0.336 e. The summed E-state index contributed by atoms with van der Waals surface area (Å²) in [7, 11) is -3.71. The number of amides is 1. The van der Waals surface area contributed by atoms with Crippen molar-refractivity contribution in [1.82, 2.24) is 14.1 Å². The molecule has 3 rings (SSSR count). The summed E-state index contributed by atoms with van der Waals surface area (Å²) < 4.78 is 40.3. The zero-order valence-electron chi connectivity index (χ0n) is 17.4. The SMILES string of the molecule is CC(C)N(C(=O)CN1CCN(S(=O)(=O)c2cccc(F)c2)CC1)C1CCCCC1. The van der Waals surface area contributed by atoms with E-state index >= 15 is 0 Å². The first-order valence-corrected chi connectivity index (χ1v) is 12.0. The van der Waals surface area contributed by atoms with Crippen molar-refractivity contribution in [2.45, 2.75) is 62.9 Å². The van der Waals surface area contributed by atoms with Gasteiger partial charge in [0.25, 0.3) is 0 Å². The fourth-order valence-corrected chi connectivity index (χ4v) is 5.90. The molecule has 0 N–H and O–H groups in total. The Morgan fingerprint density at radius 2 is 1.79 bits per heavy atom. The summed E-state index contributed by atoms with van der Waals surface area (Å²) in [6.45, 7) is 6.05. The van der Waals surface area contributed by atoms with Crippen molar-refractivity contribution < 1.29 is 17.6 Å². The van der Waals surface area contributed by atoms with Crippen LogP contribution >= 0.6 is 0 Å². The molecule has 1 aliphatic carbocycles. The number of nitrogens with zero attached hydrogens (tertiary/aromatic N) is 3. The predicted octanol–water partition coefficient (Wildman–Crippen LogP) is 2.70. The van der Waals surface area contributed by atoms with Crippen molar-refractivity contribution in [2.75, 3.05) is 32.7 Å². The molecular formula is C21H32FN3O3S. The summed E-state index contributed by atoms with van der Waals surface area (Å²) in [5.74, 6) is -0.430. The van der Waals surface area contributed by atoms with Crippen LogP contribution in [0.2, 0.25) is 0 Å². The van der Waals surface area contributed by atoms with Crippen molar-refractivity contribution in [1.29, 1.82) is 0 Å². The van der Waals surface area contributed by atoms with E-state index in [4.69, 9.17) is 0 Å². The maximum Gasteiger partial charge on any atom is 0.243 e. The van der Waals surface area contributed by atoms with Crippen LogP contribution in [0.3, 0.4) is 0 Å².